The van der Waals surface area contributed by atoms with Crippen LogP contribution >= 0.6 is 15.9 Å². The van der Waals surface area contributed by atoms with Crippen molar-refractivity contribution >= 4 is 27.9 Å². The van der Waals surface area contributed by atoms with Crippen LogP contribution < -0.4 is 9.47 Å². The molecule has 22 heavy (non-hydrogen) atoms. The number of benzene rings is 1. The molecule has 0 aromatic heterocycles. The number of hydrogen-bond acceptors (Lipinski definition) is 4. The van der Waals surface area contributed by atoms with Crippen molar-refractivity contribution in [3.8, 4) is 17.6 Å². The first-order chi connectivity index (χ1) is 10.4. The Morgan fingerprint density at radius 3 is 2.36 bits per heavy atom. The second kappa shape index (κ2) is 8.44. The number of likely N-dealkylation sites (N-methyl/N-ethyl adjacent to an activating group) is 1. The number of halogens is 1. The minimum atomic E-state index is -0.352. The lowest BCUT2D eigenvalue weighted by molar-refractivity contribution is -0.124. The molecule has 0 aliphatic heterocycles. The van der Waals surface area contributed by atoms with Crippen molar-refractivity contribution in [1.82, 2.24) is 4.90 Å². The van der Waals surface area contributed by atoms with E-state index in [1.54, 1.807) is 26.2 Å². The molecule has 1 aromatic carbocycles. The van der Waals surface area contributed by atoms with Crippen molar-refractivity contribution < 1.29 is 14.3 Å². The fourth-order valence-electron chi connectivity index (χ4n) is 1.75. The van der Waals surface area contributed by atoms with Crippen LogP contribution in [0.5, 0.6) is 11.5 Å². The third kappa shape index (κ3) is 4.50. The second-order valence-corrected chi connectivity index (χ2v) is 5.41. The van der Waals surface area contributed by atoms with Gasteiger partial charge in [-0.15, -0.1) is 0 Å². The Kier molecular flexibility index (Phi) is 6.93. The van der Waals surface area contributed by atoms with Gasteiger partial charge in [-0.05, 0) is 41.9 Å². The van der Waals surface area contributed by atoms with E-state index >= 15 is 0 Å². The Morgan fingerprint density at radius 1 is 1.27 bits per heavy atom. The molecule has 0 aliphatic rings. The molecular formula is C16H19BrN2O3. The van der Waals surface area contributed by atoms with Crippen LogP contribution in [-0.4, -0.2) is 38.1 Å². The first kappa shape index (κ1) is 18.1. The van der Waals surface area contributed by atoms with Gasteiger partial charge in [0.05, 0.1) is 17.7 Å². The number of ether oxygens (including phenoxy) is 2. The van der Waals surface area contributed by atoms with Gasteiger partial charge in [-0.3, -0.25) is 4.79 Å². The number of nitriles is 1. The van der Waals surface area contributed by atoms with E-state index in [1.165, 1.54) is 11.0 Å². The van der Waals surface area contributed by atoms with E-state index in [2.05, 4.69) is 15.9 Å². The van der Waals surface area contributed by atoms with Gasteiger partial charge >= 0.3 is 0 Å². The van der Waals surface area contributed by atoms with Gasteiger partial charge in [0.2, 0.25) is 0 Å². The lowest BCUT2D eigenvalue weighted by atomic mass is 10.1. The first-order valence-electron chi connectivity index (χ1n) is 6.87. The minimum absolute atomic E-state index is 0.0435. The highest BCUT2D eigenvalue weighted by Crippen LogP contribution is 2.34. The molecule has 0 saturated carbocycles. The molecule has 5 nitrogen and oxygen atoms in total. The monoisotopic (exact) mass is 366 g/mol. The summed E-state index contributed by atoms with van der Waals surface area (Å²) < 4.78 is 11.8. The Bertz CT molecular complexity index is 619. The fraction of sp³-hybridized carbons (Fsp3) is 0.375. The zero-order valence-corrected chi connectivity index (χ0v) is 14.7. The lowest BCUT2D eigenvalue weighted by Gasteiger charge is -2.13. The van der Waals surface area contributed by atoms with Gasteiger partial charge < -0.3 is 14.4 Å². The summed E-state index contributed by atoms with van der Waals surface area (Å²) in [6.07, 6.45) is 1.52. The summed E-state index contributed by atoms with van der Waals surface area (Å²) in [4.78, 5) is 13.3. The predicted octanol–water partition coefficient (Wildman–Crippen LogP) is 3.24. The molecule has 6 heteroatoms. The fourth-order valence-corrected chi connectivity index (χ4v) is 2.22. The summed E-state index contributed by atoms with van der Waals surface area (Å²) in [5.74, 6) is 0.865. The Hall–Kier alpha value is -2.00. The third-order valence-electron chi connectivity index (χ3n) is 2.72. The molecule has 0 N–H and O–H groups in total. The highest BCUT2D eigenvalue weighted by molar-refractivity contribution is 9.10. The van der Waals surface area contributed by atoms with Crippen LogP contribution in [0.15, 0.2) is 22.2 Å². The van der Waals surface area contributed by atoms with Crippen molar-refractivity contribution in [2.75, 3.05) is 27.3 Å². The largest absolute Gasteiger partial charge is 0.493 e. The average molecular weight is 367 g/mol. The van der Waals surface area contributed by atoms with Gasteiger partial charge in [0, 0.05) is 25.7 Å². The summed E-state index contributed by atoms with van der Waals surface area (Å²) in [5.41, 5.74) is 0.686. The highest BCUT2D eigenvalue weighted by atomic mass is 79.9. The van der Waals surface area contributed by atoms with E-state index in [0.29, 0.717) is 30.3 Å². The molecule has 1 aromatic rings. The normalized spacial score (nSPS) is 10.8. The molecule has 1 amide bonds. The van der Waals surface area contributed by atoms with Crippen LogP contribution in [-0.2, 0) is 4.79 Å². The van der Waals surface area contributed by atoms with Crippen molar-refractivity contribution in [1.29, 1.82) is 5.26 Å². The quantitative estimate of drug-likeness (QED) is 0.572. The van der Waals surface area contributed by atoms with Crippen LogP contribution in [0.25, 0.3) is 6.08 Å². The first-order valence-corrected chi connectivity index (χ1v) is 7.66. The third-order valence-corrected chi connectivity index (χ3v) is 3.34. The zero-order chi connectivity index (χ0) is 16.7. The van der Waals surface area contributed by atoms with Crippen LogP contribution in [0.1, 0.15) is 19.4 Å². The van der Waals surface area contributed by atoms with E-state index in [-0.39, 0.29) is 11.5 Å². The molecule has 0 heterocycles. The number of carbonyl (C=O) groups is 1. The van der Waals surface area contributed by atoms with Gasteiger partial charge in [0.25, 0.3) is 5.91 Å². The van der Waals surface area contributed by atoms with Crippen molar-refractivity contribution in [3.05, 3.63) is 27.7 Å². The molecule has 0 unspecified atom stereocenters. The second-order valence-electron chi connectivity index (χ2n) is 4.56. The van der Waals surface area contributed by atoms with Gasteiger partial charge in [-0.25, -0.2) is 0 Å². The van der Waals surface area contributed by atoms with E-state index < -0.39 is 0 Å². The van der Waals surface area contributed by atoms with Gasteiger partial charge in [-0.1, -0.05) is 0 Å². The van der Waals surface area contributed by atoms with E-state index in [4.69, 9.17) is 9.47 Å². The lowest BCUT2D eigenvalue weighted by Crippen LogP contribution is -2.22. The van der Waals surface area contributed by atoms with Crippen LogP contribution in [0.2, 0.25) is 0 Å². The summed E-state index contributed by atoms with van der Waals surface area (Å²) in [6.45, 7) is 4.76. The Morgan fingerprint density at radius 2 is 1.86 bits per heavy atom. The Labute approximate surface area is 139 Å². The number of amides is 1. The SMILES string of the molecule is CCOc1cc(OCC)c(C=C(C#N)C(=O)N(C)C)cc1Br. The zero-order valence-electron chi connectivity index (χ0n) is 13.1. The molecule has 0 radical (unpaired) electrons. The molecule has 1 rings (SSSR count). The van der Waals surface area contributed by atoms with Gasteiger partial charge in [0.1, 0.15) is 23.1 Å². The summed E-state index contributed by atoms with van der Waals surface area (Å²) in [5, 5.41) is 9.19. The van der Waals surface area contributed by atoms with Crippen molar-refractivity contribution in [3.63, 3.8) is 0 Å². The smallest absolute Gasteiger partial charge is 0.264 e. The van der Waals surface area contributed by atoms with Crippen molar-refractivity contribution in [2.24, 2.45) is 0 Å². The van der Waals surface area contributed by atoms with Crippen LogP contribution in [0.3, 0.4) is 0 Å². The number of rotatable bonds is 6. The maximum absolute atomic E-state index is 12.0. The van der Waals surface area contributed by atoms with Crippen molar-refractivity contribution in [2.45, 2.75) is 13.8 Å². The molecule has 0 fully saturated rings. The van der Waals surface area contributed by atoms with E-state index in [0.717, 1.165) is 4.47 Å². The van der Waals surface area contributed by atoms with Gasteiger partial charge in [0.15, 0.2) is 0 Å². The molecular weight excluding hydrogens is 348 g/mol. The molecule has 0 aliphatic carbocycles. The maximum Gasteiger partial charge on any atom is 0.264 e. The topological polar surface area (TPSA) is 62.6 Å². The number of nitrogens with zero attached hydrogens (tertiary/aromatic N) is 2. The molecule has 0 bridgehead atoms. The number of carbonyl (C=O) groups excluding carboxylic acids is 1. The molecule has 0 spiro atoms. The van der Waals surface area contributed by atoms with E-state index in [1.807, 2.05) is 19.9 Å². The number of hydrogen-bond donors (Lipinski definition) is 0. The summed E-state index contributed by atoms with van der Waals surface area (Å²) in [7, 11) is 3.20. The highest BCUT2D eigenvalue weighted by Gasteiger charge is 2.14. The van der Waals surface area contributed by atoms with Crippen LogP contribution in [0, 0.1) is 11.3 Å². The molecule has 118 valence electrons. The molecule has 0 atom stereocenters. The Balaban J connectivity index is 3.36. The van der Waals surface area contributed by atoms with Crippen LogP contribution in [0.4, 0.5) is 0 Å². The standard InChI is InChI=1S/C16H19BrN2O3/c1-5-21-14-9-15(22-6-2)13(17)8-11(14)7-12(10-18)16(20)19(3)4/h7-9H,5-6H2,1-4H3. The van der Waals surface area contributed by atoms with Gasteiger partial charge in [-0.2, -0.15) is 5.26 Å². The maximum atomic E-state index is 12.0. The molecule has 0 saturated heterocycles. The predicted molar refractivity (Wildman–Crippen MR) is 88.8 cm³/mol. The average Bonchev–Trinajstić information content (AvgIpc) is 2.48. The summed E-state index contributed by atoms with van der Waals surface area (Å²) >= 11 is 3.42. The summed E-state index contributed by atoms with van der Waals surface area (Å²) in [6, 6.07) is 5.45. The minimum Gasteiger partial charge on any atom is -0.493 e. The van der Waals surface area contributed by atoms with E-state index in [9.17, 15) is 10.1 Å².